The van der Waals surface area contributed by atoms with Crippen LogP contribution in [0.25, 0.3) is 0 Å². The average Bonchev–Trinajstić information content (AvgIpc) is 2.07. The van der Waals surface area contributed by atoms with Crippen LogP contribution >= 0.6 is 0 Å². The molecule has 0 aromatic heterocycles. The average molecular weight is 192 g/mol. The van der Waals surface area contributed by atoms with Gasteiger partial charge in [0.2, 0.25) is 0 Å². The Hall–Kier alpha value is -1.31. The fraction of sp³-hybridized carbons (Fsp3) is 0.417. The van der Waals surface area contributed by atoms with Gasteiger partial charge in [-0.05, 0) is 22.6 Å². The maximum absolute atomic E-state index is 10.4. The molecule has 1 rings (SSSR count). The third-order valence-electron chi connectivity index (χ3n) is 2.19. The van der Waals surface area contributed by atoms with E-state index >= 15 is 0 Å². The Balaban J connectivity index is 3.15. The molecule has 0 heterocycles. The summed E-state index contributed by atoms with van der Waals surface area (Å²) in [5.74, 6) is 0.298. The maximum Gasteiger partial charge on any atom is 0.124 e. The number of aromatic hydroxyl groups is 1. The van der Waals surface area contributed by atoms with Gasteiger partial charge in [0.1, 0.15) is 12.0 Å². The molecule has 0 saturated heterocycles. The van der Waals surface area contributed by atoms with Gasteiger partial charge in [-0.1, -0.05) is 32.9 Å². The first-order valence-corrected chi connectivity index (χ1v) is 4.71. The summed E-state index contributed by atoms with van der Waals surface area (Å²) in [5.41, 5.74) is 1.74. The number of hydrogen-bond acceptors (Lipinski definition) is 2. The van der Waals surface area contributed by atoms with Gasteiger partial charge in [-0.3, -0.25) is 0 Å². The SMILES string of the molecule is CC(C)(C)c1cc(CC=O)ccc1O. The number of carbonyl (C=O) groups excluding carboxylic acids is 1. The van der Waals surface area contributed by atoms with Gasteiger partial charge in [0.05, 0.1) is 0 Å². The number of phenols is 1. The first-order chi connectivity index (χ1) is 6.45. The molecule has 2 heteroatoms. The molecular formula is C12H16O2. The smallest absolute Gasteiger partial charge is 0.124 e. The van der Waals surface area contributed by atoms with E-state index in [1.807, 2.05) is 26.8 Å². The van der Waals surface area contributed by atoms with Crippen LogP contribution in [0.5, 0.6) is 5.75 Å². The number of carbonyl (C=O) groups is 1. The van der Waals surface area contributed by atoms with E-state index in [1.54, 1.807) is 12.1 Å². The fourth-order valence-electron chi connectivity index (χ4n) is 1.41. The van der Waals surface area contributed by atoms with Gasteiger partial charge >= 0.3 is 0 Å². The van der Waals surface area contributed by atoms with Crippen LogP contribution in [0.2, 0.25) is 0 Å². The van der Waals surface area contributed by atoms with Crippen molar-refractivity contribution in [2.24, 2.45) is 0 Å². The molecule has 0 bridgehead atoms. The predicted octanol–water partition coefficient (Wildman–Crippen LogP) is 2.43. The quantitative estimate of drug-likeness (QED) is 0.731. The third-order valence-corrected chi connectivity index (χ3v) is 2.19. The second kappa shape index (κ2) is 3.82. The molecule has 2 nitrogen and oxygen atoms in total. The summed E-state index contributed by atoms with van der Waals surface area (Å²) >= 11 is 0. The highest BCUT2D eigenvalue weighted by Crippen LogP contribution is 2.31. The van der Waals surface area contributed by atoms with Crippen LogP contribution in [-0.2, 0) is 16.6 Å². The van der Waals surface area contributed by atoms with E-state index in [2.05, 4.69) is 0 Å². The van der Waals surface area contributed by atoms with E-state index in [0.29, 0.717) is 12.2 Å². The lowest BCUT2D eigenvalue weighted by Crippen LogP contribution is -2.11. The Kier molecular flexibility index (Phi) is 2.94. The van der Waals surface area contributed by atoms with Crippen molar-refractivity contribution in [3.05, 3.63) is 29.3 Å². The number of phenolic OH excluding ortho intramolecular Hbond substituents is 1. The first kappa shape index (κ1) is 10.8. The summed E-state index contributed by atoms with van der Waals surface area (Å²) in [6.45, 7) is 6.10. The molecule has 0 aliphatic rings. The molecule has 0 atom stereocenters. The fourth-order valence-corrected chi connectivity index (χ4v) is 1.41. The normalized spacial score (nSPS) is 11.4. The molecule has 1 aromatic carbocycles. The maximum atomic E-state index is 10.4. The monoisotopic (exact) mass is 192 g/mol. The van der Waals surface area contributed by atoms with Crippen molar-refractivity contribution < 1.29 is 9.90 Å². The zero-order chi connectivity index (χ0) is 10.8. The van der Waals surface area contributed by atoms with E-state index < -0.39 is 0 Å². The highest BCUT2D eigenvalue weighted by molar-refractivity contribution is 5.56. The number of hydrogen-bond donors (Lipinski definition) is 1. The molecule has 0 aliphatic carbocycles. The van der Waals surface area contributed by atoms with Gasteiger partial charge in [-0.2, -0.15) is 0 Å². The number of rotatable bonds is 2. The number of benzene rings is 1. The van der Waals surface area contributed by atoms with Crippen LogP contribution in [0.15, 0.2) is 18.2 Å². The lowest BCUT2D eigenvalue weighted by Gasteiger charge is -2.20. The van der Waals surface area contributed by atoms with E-state index in [-0.39, 0.29) is 5.41 Å². The summed E-state index contributed by atoms with van der Waals surface area (Å²) < 4.78 is 0. The van der Waals surface area contributed by atoms with E-state index in [4.69, 9.17) is 0 Å². The summed E-state index contributed by atoms with van der Waals surface area (Å²) in [5, 5.41) is 9.65. The lowest BCUT2D eigenvalue weighted by molar-refractivity contribution is -0.107. The zero-order valence-electron chi connectivity index (χ0n) is 8.87. The van der Waals surface area contributed by atoms with Crippen molar-refractivity contribution in [3.8, 4) is 5.75 Å². The lowest BCUT2D eigenvalue weighted by atomic mass is 9.85. The van der Waals surface area contributed by atoms with Crippen LogP contribution in [0, 0.1) is 0 Å². The second-order valence-corrected chi connectivity index (χ2v) is 4.47. The van der Waals surface area contributed by atoms with Crippen molar-refractivity contribution in [1.82, 2.24) is 0 Å². The minimum absolute atomic E-state index is 0.0943. The van der Waals surface area contributed by atoms with Gasteiger partial charge in [-0.15, -0.1) is 0 Å². The van der Waals surface area contributed by atoms with Crippen molar-refractivity contribution in [3.63, 3.8) is 0 Å². The van der Waals surface area contributed by atoms with Crippen LogP contribution in [0.1, 0.15) is 31.9 Å². The van der Waals surface area contributed by atoms with Crippen LogP contribution < -0.4 is 0 Å². The van der Waals surface area contributed by atoms with Gasteiger partial charge < -0.3 is 9.90 Å². The largest absolute Gasteiger partial charge is 0.508 e. The molecule has 0 spiro atoms. The van der Waals surface area contributed by atoms with E-state index in [9.17, 15) is 9.90 Å². The van der Waals surface area contributed by atoms with E-state index in [1.165, 1.54) is 0 Å². The minimum Gasteiger partial charge on any atom is -0.508 e. The third kappa shape index (κ3) is 2.34. The number of aldehydes is 1. The molecular weight excluding hydrogens is 176 g/mol. The van der Waals surface area contributed by atoms with E-state index in [0.717, 1.165) is 17.4 Å². The molecule has 0 unspecified atom stereocenters. The Morgan fingerprint density at radius 3 is 2.50 bits per heavy atom. The van der Waals surface area contributed by atoms with Gasteiger partial charge in [0.25, 0.3) is 0 Å². The molecule has 0 fully saturated rings. The summed E-state index contributed by atoms with van der Waals surface area (Å²) in [6.07, 6.45) is 1.28. The highest BCUT2D eigenvalue weighted by atomic mass is 16.3. The van der Waals surface area contributed by atoms with Gasteiger partial charge in [0.15, 0.2) is 0 Å². The molecule has 0 aliphatic heterocycles. The standard InChI is InChI=1S/C12H16O2/c1-12(2,3)10-8-9(6-7-13)4-5-11(10)14/h4-5,7-8,14H,6H2,1-3H3. The summed E-state index contributed by atoms with van der Waals surface area (Å²) in [7, 11) is 0. The molecule has 76 valence electrons. The zero-order valence-corrected chi connectivity index (χ0v) is 8.87. The second-order valence-electron chi connectivity index (χ2n) is 4.47. The topological polar surface area (TPSA) is 37.3 Å². The highest BCUT2D eigenvalue weighted by Gasteiger charge is 2.17. The van der Waals surface area contributed by atoms with Crippen molar-refractivity contribution in [2.45, 2.75) is 32.6 Å². The molecule has 1 aromatic rings. The van der Waals surface area contributed by atoms with Crippen LogP contribution in [-0.4, -0.2) is 11.4 Å². The molecule has 0 amide bonds. The van der Waals surface area contributed by atoms with Crippen molar-refractivity contribution >= 4 is 6.29 Å². The Morgan fingerprint density at radius 1 is 1.36 bits per heavy atom. The minimum atomic E-state index is -0.0943. The van der Waals surface area contributed by atoms with Crippen molar-refractivity contribution in [2.75, 3.05) is 0 Å². The van der Waals surface area contributed by atoms with Crippen LogP contribution in [0.4, 0.5) is 0 Å². The summed E-state index contributed by atoms with van der Waals surface area (Å²) in [4.78, 5) is 10.4. The van der Waals surface area contributed by atoms with Gasteiger partial charge in [-0.25, -0.2) is 0 Å². The molecule has 1 N–H and O–H groups in total. The Bertz CT molecular complexity index is 335. The Labute approximate surface area is 84.6 Å². The molecule has 0 radical (unpaired) electrons. The van der Waals surface area contributed by atoms with Crippen molar-refractivity contribution in [1.29, 1.82) is 0 Å². The predicted molar refractivity (Wildman–Crippen MR) is 56.6 cm³/mol. The van der Waals surface area contributed by atoms with Crippen LogP contribution in [0.3, 0.4) is 0 Å². The Morgan fingerprint density at radius 2 is 2.00 bits per heavy atom. The molecule has 14 heavy (non-hydrogen) atoms. The van der Waals surface area contributed by atoms with Gasteiger partial charge in [0, 0.05) is 6.42 Å². The summed E-state index contributed by atoms with van der Waals surface area (Å²) in [6, 6.07) is 5.32. The first-order valence-electron chi connectivity index (χ1n) is 4.71. The molecule has 0 saturated carbocycles.